The Morgan fingerprint density at radius 3 is 2.50 bits per heavy atom. The van der Waals surface area contributed by atoms with Crippen molar-refractivity contribution in [2.24, 2.45) is 0 Å². The van der Waals surface area contributed by atoms with Crippen molar-refractivity contribution < 1.29 is 18.3 Å². The number of carbonyl (C=O) groups is 1. The van der Waals surface area contributed by atoms with Crippen LogP contribution in [0.4, 0.5) is 8.78 Å². The first-order valence-corrected chi connectivity index (χ1v) is 6.69. The van der Waals surface area contributed by atoms with Crippen LogP contribution in [0.5, 0.6) is 5.75 Å². The summed E-state index contributed by atoms with van der Waals surface area (Å²) < 4.78 is 28.6. The zero-order valence-corrected chi connectivity index (χ0v) is 11.1. The number of benzene rings is 1. The zero-order chi connectivity index (χ0) is 14.3. The number of hydrogen-bond acceptors (Lipinski definition) is 3. The highest BCUT2D eigenvalue weighted by Crippen LogP contribution is 2.37. The second-order valence-electron chi connectivity index (χ2n) is 5.22. The molecule has 1 saturated carbocycles. The van der Waals surface area contributed by atoms with Crippen LogP contribution >= 0.6 is 0 Å². The van der Waals surface area contributed by atoms with Crippen LogP contribution in [0.15, 0.2) is 24.3 Å². The number of ether oxygens (including phenoxy) is 1. The van der Waals surface area contributed by atoms with E-state index in [9.17, 15) is 13.6 Å². The van der Waals surface area contributed by atoms with Crippen LogP contribution in [0, 0.1) is 0 Å². The van der Waals surface area contributed by atoms with E-state index in [2.05, 4.69) is 10.1 Å². The van der Waals surface area contributed by atoms with E-state index in [0.29, 0.717) is 6.04 Å². The standard InChI is InChI=1S/C14H16F2N2O2/c1-8-13(19)18(10-4-5-10)12(17-8)9-2-6-11(7-3-9)20-14(15)16/h2-3,6-8,10,12,14,17H,4-5H2,1H3. The highest BCUT2D eigenvalue weighted by atomic mass is 19.3. The zero-order valence-electron chi connectivity index (χ0n) is 11.1. The second kappa shape index (κ2) is 5.01. The lowest BCUT2D eigenvalue weighted by atomic mass is 10.1. The smallest absolute Gasteiger partial charge is 0.387 e. The number of rotatable bonds is 4. The van der Waals surface area contributed by atoms with E-state index in [1.54, 1.807) is 12.1 Å². The Labute approximate surface area is 115 Å². The Morgan fingerprint density at radius 1 is 1.30 bits per heavy atom. The summed E-state index contributed by atoms with van der Waals surface area (Å²) in [5.41, 5.74) is 0.885. The molecule has 1 amide bonds. The van der Waals surface area contributed by atoms with Crippen LogP contribution < -0.4 is 10.1 Å². The van der Waals surface area contributed by atoms with Gasteiger partial charge in [0.05, 0.1) is 6.04 Å². The molecular formula is C14H16F2N2O2. The van der Waals surface area contributed by atoms with Gasteiger partial charge in [-0.05, 0) is 37.5 Å². The molecule has 1 aliphatic heterocycles. The number of hydrogen-bond donors (Lipinski definition) is 1. The number of halogens is 2. The van der Waals surface area contributed by atoms with Crippen molar-refractivity contribution in [2.75, 3.05) is 0 Å². The van der Waals surface area contributed by atoms with Gasteiger partial charge in [0.25, 0.3) is 0 Å². The number of alkyl halides is 2. The largest absolute Gasteiger partial charge is 0.435 e. The first-order chi connectivity index (χ1) is 9.56. The molecule has 2 atom stereocenters. The summed E-state index contributed by atoms with van der Waals surface area (Å²) in [7, 11) is 0. The van der Waals surface area contributed by atoms with E-state index in [-0.39, 0.29) is 23.9 Å². The third-order valence-electron chi connectivity index (χ3n) is 3.67. The molecule has 1 aromatic rings. The maximum atomic E-state index is 12.1. The lowest BCUT2D eigenvalue weighted by Crippen LogP contribution is -2.32. The summed E-state index contributed by atoms with van der Waals surface area (Å²) in [5.74, 6) is 0.226. The van der Waals surface area contributed by atoms with Gasteiger partial charge in [0.1, 0.15) is 11.9 Å². The summed E-state index contributed by atoms with van der Waals surface area (Å²) in [6.07, 6.45) is 1.89. The first kappa shape index (κ1) is 13.3. The van der Waals surface area contributed by atoms with Crippen LogP contribution in [-0.2, 0) is 4.79 Å². The topological polar surface area (TPSA) is 41.6 Å². The molecule has 2 fully saturated rings. The van der Waals surface area contributed by atoms with Crippen molar-refractivity contribution in [1.29, 1.82) is 0 Å². The highest BCUT2D eigenvalue weighted by Gasteiger charge is 2.44. The predicted octanol–water partition coefficient (Wildman–Crippen LogP) is 2.27. The molecule has 0 spiro atoms. The molecule has 108 valence electrons. The molecule has 2 aliphatic rings. The average molecular weight is 282 g/mol. The molecule has 3 rings (SSSR count). The lowest BCUT2D eigenvalue weighted by molar-refractivity contribution is -0.130. The van der Waals surface area contributed by atoms with Gasteiger partial charge in [-0.15, -0.1) is 0 Å². The summed E-state index contributed by atoms with van der Waals surface area (Å²) in [5, 5.41) is 3.24. The van der Waals surface area contributed by atoms with Gasteiger partial charge >= 0.3 is 6.61 Å². The van der Waals surface area contributed by atoms with Gasteiger partial charge in [-0.25, -0.2) is 0 Å². The molecule has 20 heavy (non-hydrogen) atoms. The minimum atomic E-state index is -2.82. The fourth-order valence-electron chi connectivity index (χ4n) is 2.57. The Hall–Kier alpha value is -1.69. The fraction of sp³-hybridized carbons (Fsp3) is 0.500. The molecule has 0 radical (unpaired) electrons. The SMILES string of the molecule is CC1NC(c2ccc(OC(F)F)cc2)N(C2CC2)C1=O. The van der Waals surface area contributed by atoms with Crippen molar-refractivity contribution in [3.63, 3.8) is 0 Å². The Bertz CT molecular complexity index is 502. The van der Waals surface area contributed by atoms with Crippen molar-refractivity contribution >= 4 is 5.91 Å². The third-order valence-corrected chi connectivity index (χ3v) is 3.67. The molecule has 1 heterocycles. The summed E-state index contributed by atoms with van der Waals surface area (Å²) in [6, 6.07) is 6.54. The minimum Gasteiger partial charge on any atom is -0.435 e. The van der Waals surface area contributed by atoms with E-state index in [4.69, 9.17) is 0 Å². The van der Waals surface area contributed by atoms with E-state index in [1.807, 2.05) is 11.8 Å². The normalized spacial score (nSPS) is 26.4. The number of carbonyl (C=O) groups excluding carboxylic acids is 1. The van der Waals surface area contributed by atoms with E-state index < -0.39 is 6.61 Å². The quantitative estimate of drug-likeness (QED) is 0.921. The van der Waals surface area contributed by atoms with Crippen LogP contribution in [-0.4, -0.2) is 29.5 Å². The number of amides is 1. The van der Waals surface area contributed by atoms with Gasteiger partial charge < -0.3 is 9.64 Å². The van der Waals surface area contributed by atoms with Gasteiger partial charge in [-0.2, -0.15) is 8.78 Å². The van der Waals surface area contributed by atoms with Crippen molar-refractivity contribution in [3.8, 4) is 5.75 Å². The monoisotopic (exact) mass is 282 g/mol. The molecule has 1 aromatic carbocycles. The molecule has 6 heteroatoms. The van der Waals surface area contributed by atoms with Gasteiger partial charge in [0.15, 0.2) is 0 Å². The molecule has 2 unspecified atom stereocenters. The van der Waals surface area contributed by atoms with Crippen molar-refractivity contribution in [2.45, 2.75) is 44.6 Å². The third kappa shape index (κ3) is 2.47. The van der Waals surface area contributed by atoms with Gasteiger partial charge in [-0.3, -0.25) is 10.1 Å². The number of nitrogens with one attached hydrogen (secondary N) is 1. The van der Waals surface area contributed by atoms with Gasteiger partial charge in [0.2, 0.25) is 5.91 Å². The summed E-state index contributed by atoms with van der Waals surface area (Å²) >= 11 is 0. The average Bonchev–Trinajstić information content (AvgIpc) is 3.18. The lowest BCUT2D eigenvalue weighted by Gasteiger charge is -2.24. The van der Waals surface area contributed by atoms with Gasteiger partial charge in [0, 0.05) is 6.04 Å². The fourth-order valence-corrected chi connectivity index (χ4v) is 2.57. The van der Waals surface area contributed by atoms with E-state index in [1.165, 1.54) is 12.1 Å². The summed E-state index contributed by atoms with van der Waals surface area (Å²) in [4.78, 5) is 14.0. The van der Waals surface area contributed by atoms with Crippen LogP contribution in [0.25, 0.3) is 0 Å². The Balaban J connectivity index is 1.79. The molecule has 0 aromatic heterocycles. The summed E-state index contributed by atoms with van der Waals surface area (Å²) in [6.45, 7) is -0.985. The van der Waals surface area contributed by atoms with Gasteiger partial charge in [-0.1, -0.05) is 12.1 Å². The van der Waals surface area contributed by atoms with Crippen LogP contribution in [0.1, 0.15) is 31.5 Å². The highest BCUT2D eigenvalue weighted by molar-refractivity contribution is 5.84. The number of nitrogens with zero attached hydrogens (tertiary/aromatic N) is 1. The first-order valence-electron chi connectivity index (χ1n) is 6.69. The molecular weight excluding hydrogens is 266 g/mol. The van der Waals surface area contributed by atoms with E-state index >= 15 is 0 Å². The molecule has 4 nitrogen and oxygen atoms in total. The van der Waals surface area contributed by atoms with E-state index in [0.717, 1.165) is 18.4 Å². The second-order valence-corrected chi connectivity index (χ2v) is 5.22. The molecule has 0 bridgehead atoms. The van der Waals surface area contributed by atoms with Crippen molar-refractivity contribution in [3.05, 3.63) is 29.8 Å². The Morgan fingerprint density at radius 2 is 1.95 bits per heavy atom. The van der Waals surface area contributed by atoms with Crippen molar-refractivity contribution in [1.82, 2.24) is 10.2 Å². The maximum absolute atomic E-state index is 12.1. The Kier molecular flexibility index (Phi) is 3.33. The van der Waals surface area contributed by atoms with Crippen LogP contribution in [0.3, 0.4) is 0 Å². The molecule has 1 aliphatic carbocycles. The predicted molar refractivity (Wildman–Crippen MR) is 68.3 cm³/mol. The molecule has 1 N–H and O–H groups in total. The maximum Gasteiger partial charge on any atom is 0.387 e. The van der Waals surface area contributed by atoms with Crippen LogP contribution in [0.2, 0.25) is 0 Å². The molecule has 1 saturated heterocycles. The minimum absolute atomic E-state index is 0.102.